The highest BCUT2D eigenvalue weighted by Gasteiger charge is 2.27. The molecule has 126 valence electrons. The smallest absolute Gasteiger partial charge is 0.274 e. The van der Waals surface area contributed by atoms with Crippen LogP contribution >= 0.6 is 0 Å². The van der Waals surface area contributed by atoms with Crippen molar-refractivity contribution in [1.29, 1.82) is 0 Å². The first-order valence-corrected chi connectivity index (χ1v) is 8.09. The van der Waals surface area contributed by atoms with Crippen molar-refractivity contribution in [2.24, 2.45) is 13.0 Å². The third kappa shape index (κ3) is 3.54. The van der Waals surface area contributed by atoms with Gasteiger partial charge in [0.25, 0.3) is 11.5 Å². The van der Waals surface area contributed by atoms with E-state index in [0.29, 0.717) is 24.7 Å². The Hall–Kier alpha value is -2.47. The number of amides is 1. The van der Waals surface area contributed by atoms with Crippen LogP contribution in [0.3, 0.4) is 0 Å². The summed E-state index contributed by atoms with van der Waals surface area (Å²) in [6, 6.07) is 10.8. The van der Waals surface area contributed by atoms with Crippen molar-refractivity contribution in [1.82, 2.24) is 14.7 Å². The summed E-state index contributed by atoms with van der Waals surface area (Å²) in [7, 11) is 1.54. The summed E-state index contributed by atoms with van der Waals surface area (Å²) < 4.78 is 1.18. The molecule has 0 bridgehead atoms. The van der Waals surface area contributed by atoms with Crippen molar-refractivity contribution in [3.8, 4) is 0 Å². The van der Waals surface area contributed by atoms with Gasteiger partial charge in [-0.05, 0) is 36.0 Å². The van der Waals surface area contributed by atoms with Crippen LogP contribution in [0.2, 0.25) is 0 Å². The number of aromatic nitrogens is 2. The van der Waals surface area contributed by atoms with Crippen LogP contribution in [-0.4, -0.2) is 38.8 Å². The third-order valence-electron chi connectivity index (χ3n) is 4.48. The van der Waals surface area contributed by atoms with Gasteiger partial charge in [0.2, 0.25) is 0 Å². The summed E-state index contributed by atoms with van der Waals surface area (Å²) in [6.45, 7) is 1.46. The number of rotatable bonds is 4. The highest BCUT2D eigenvalue weighted by Crippen LogP contribution is 2.22. The SMILES string of the molecule is Cn1nc(C(=O)N2CCC(Cc3ccc(CO)cc3)C2)ccc1=O. The third-order valence-corrected chi connectivity index (χ3v) is 4.48. The first kappa shape index (κ1) is 16.4. The van der Waals surface area contributed by atoms with Gasteiger partial charge < -0.3 is 10.0 Å². The Morgan fingerprint density at radius 1 is 1.21 bits per heavy atom. The molecule has 1 aromatic heterocycles. The van der Waals surface area contributed by atoms with Crippen molar-refractivity contribution < 1.29 is 9.90 Å². The molecule has 6 heteroatoms. The Labute approximate surface area is 140 Å². The summed E-state index contributed by atoms with van der Waals surface area (Å²) in [6.07, 6.45) is 1.87. The lowest BCUT2D eigenvalue weighted by Crippen LogP contribution is -2.32. The number of carbonyl (C=O) groups excluding carboxylic acids is 1. The number of nitrogens with zero attached hydrogens (tertiary/aromatic N) is 3. The second kappa shape index (κ2) is 6.97. The molecule has 0 spiro atoms. The number of aryl methyl sites for hydroxylation is 1. The Kier molecular flexibility index (Phi) is 4.76. The van der Waals surface area contributed by atoms with Crippen LogP contribution in [0.5, 0.6) is 0 Å². The average Bonchev–Trinajstić information content (AvgIpc) is 3.06. The first-order valence-electron chi connectivity index (χ1n) is 8.09. The van der Waals surface area contributed by atoms with Gasteiger partial charge in [-0.1, -0.05) is 24.3 Å². The van der Waals surface area contributed by atoms with Gasteiger partial charge in [-0.2, -0.15) is 5.10 Å². The van der Waals surface area contributed by atoms with Gasteiger partial charge in [0, 0.05) is 26.2 Å². The van der Waals surface area contributed by atoms with Crippen molar-refractivity contribution in [3.05, 3.63) is 63.6 Å². The van der Waals surface area contributed by atoms with Crippen molar-refractivity contribution in [2.75, 3.05) is 13.1 Å². The molecule has 1 N–H and O–H groups in total. The van der Waals surface area contributed by atoms with Crippen LogP contribution < -0.4 is 5.56 Å². The molecule has 0 aliphatic carbocycles. The molecule has 1 unspecified atom stereocenters. The van der Waals surface area contributed by atoms with Crippen LogP contribution in [0.1, 0.15) is 28.0 Å². The molecule has 1 aromatic carbocycles. The fraction of sp³-hybridized carbons (Fsp3) is 0.389. The van der Waals surface area contributed by atoms with E-state index in [0.717, 1.165) is 18.4 Å². The predicted molar refractivity (Wildman–Crippen MR) is 89.6 cm³/mol. The van der Waals surface area contributed by atoms with E-state index in [1.807, 2.05) is 24.3 Å². The van der Waals surface area contributed by atoms with E-state index in [1.54, 1.807) is 11.9 Å². The second-order valence-corrected chi connectivity index (χ2v) is 6.27. The van der Waals surface area contributed by atoms with Crippen LogP contribution in [0.4, 0.5) is 0 Å². The standard InChI is InChI=1S/C18H21N3O3/c1-20-17(23)7-6-16(19-20)18(24)21-9-8-15(11-21)10-13-2-4-14(12-22)5-3-13/h2-7,15,22H,8-12H2,1H3. The average molecular weight is 327 g/mol. The van der Waals surface area contributed by atoms with Crippen molar-refractivity contribution in [3.63, 3.8) is 0 Å². The number of hydrogen-bond acceptors (Lipinski definition) is 4. The van der Waals surface area contributed by atoms with E-state index in [1.165, 1.54) is 22.4 Å². The molecule has 1 saturated heterocycles. The van der Waals surface area contributed by atoms with Crippen LogP contribution in [0.25, 0.3) is 0 Å². The van der Waals surface area contributed by atoms with E-state index >= 15 is 0 Å². The van der Waals surface area contributed by atoms with Gasteiger partial charge >= 0.3 is 0 Å². The Morgan fingerprint density at radius 3 is 2.58 bits per heavy atom. The molecule has 1 atom stereocenters. The highest BCUT2D eigenvalue weighted by atomic mass is 16.3. The lowest BCUT2D eigenvalue weighted by Gasteiger charge is -2.16. The van der Waals surface area contributed by atoms with Crippen molar-refractivity contribution >= 4 is 5.91 Å². The quantitative estimate of drug-likeness (QED) is 0.908. The lowest BCUT2D eigenvalue weighted by atomic mass is 9.98. The molecule has 1 aliphatic rings. The van der Waals surface area contributed by atoms with Crippen molar-refractivity contribution in [2.45, 2.75) is 19.4 Å². The minimum Gasteiger partial charge on any atom is -0.392 e. The molecule has 1 aliphatic heterocycles. The normalized spacial score (nSPS) is 17.2. The number of aliphatic hydroxyl groups excluding tert-OH is 1. The van der Waals surface area contributed by atoms with Crippen LogP contribution in [-0.2, 0) is 20.1 Å². The minimum absolute atomic E-state index is 0.0541. The maximum absolute atomic E-state index is 12.5. The molecule has 0 saturated carbocycles. The van der Waals surface area contributed by atoms with E-state index in [4.69, 9.17) is 5.11 Å². The van der Waals surface area contributed by atoms with Gasteiger partial charge in [0.15, 0.2) is 0 Å². The first-order chi connectivity index (χ1) is 11.6. The number of likely N-dealkylation sites (tertiary alicyclic amines) is 1. The van der Waals surface area contributed by atoms with Gasteiger partial charge in [0.1, 0.15) is 5.69 Å². The van der Waals surface area contributed by atoms with E-state index < -0.39 is 0 Å². The lowest BCUT2D eigenvalue weighted by molar-refractivity contribution is 0.0778. The largest absolute Gasteiger partial charge is 0.392 e. The molecule has 2 heterocycles. The van der Waals surface area contributed by atoms with Gasteiger partial charge in [0.05, 0.1) is 6.61 Å². The summed E-state index contributed by atoms with van der Waals surface area (Å²) >= 11 is 0. The fourth-order valence-electron chi connectivity index (χ4n) is 3.08. The molecule has 0 radical (unpaired) electrons. The van der Waals surface area contributed by atoms with Gasteiger partial charge in [-0.15, -0.1) is 0 Å². The summed E-state index contributed by atoms with van der Waals surface area (Å²) in [5, 5.41) is 13.1. The Balaban J connectivity index is 1.62. The summed E-state index contributed by atoms with van der Waals surface area (Å²) in [5.41, 5.74) is 2.21. The van der Waals surface area contributed by atoms with Crippen LogP contribution in [0, 0.1) is 5.92 Å². The van der Waals surface area contributed by atoms with Gasteiger partial charge in [-0.3, -0.25) is 9.59 Å². The molecule has 2 aromatic rings. The zero-order valence-corrected chi connectivity index (χ0v) is 13.7. The minimum atomic E-state index is -0.225. The maximum atomic E-state index is 12.5. The Bertz CT molecular complexity index is 783. The number of aliphatic hydroxyl groups is 1. The van der Waals surface area contributed by atoms with E-state index in [-0.39, 0.29) is 18.1 Å². The maximum Gasteiger partial charge on any atom is 0.274 e. The van der Waals surface area contributed by atoms with Crippen LogP contribution in [0.15, 0.2) is 41.2 Å². The molecule has 1 amide bonds. The highest BCUT2D eigenvalue weighted by molar-refractivity contribution is 5.92. The Morgan fingerprint density at radius 2 is 1.92 bits per heavy atom. The van der Waals surface area contributed by atoms with Gasteiger partial charge in [-0.25, -0.2) is 4.68 Å². The molecule has 6 nitrogen and oxygen atoms in total. The number of hydrogen-bond donors (Lipinski definition) is 1. The monoisotopic (exact) mass is 327 g/mol. The number of benzene rings is 1. The molecule has 1 fully saturated rings. The topological polar surface area (TPSA) is 75.4 Å². The molecule has 3 rings (SSSR count). The molecule has 24 heavy (non-hydrogen) atoms. The fourth-order valence-corrected chi connectivity index (χ4v) is 3.08. The zero-order valence-electron chi connectivity index (χ0n) is 13.7. The number of carbonyl (C=O) groups is 1. The summed E-state index contributed by atoms with van der Waals surface area (Å²) in [4.78, 5) is 25.7. The van der Waals surface area contributed by atoms with E-state index in [9.17, 15) is 9.59 Å². The second-order valence-electron chi connectivity index (χ2n) is 6.27. The van der Waals surface area contributed by atoms with E-state index in [2.05, 4.69) is 5.10 Å². The molecular formula is C18H21N3O3. The zero-order chi connectivity index (χ0) is 17.1. The molecular weight excluding hydrogens is 306 g/mol. The predicted octanol–water partition coefficient (Wildman–Crippen LogP) is 0.977. The summed E-state index contributed by atoms with van der Waals surface area (Å²) in [5.74, 6) is 0.296.